The number of anilines is 1. The molecule has 10 heteroatoms. The molecule has 0 unspecified atom stereocenters. The van der Waals surface area contributed by atoms with Crippen molar-refractivity contribution in [1.82, 2.24) is 19.5 Å². The van der Waals surface area contributed by atoms with E-state index in [-0.39, 0.29) is 16.7 Å². The van der Waals surface area contributed by atoms with Gasteiger partial charge in [0.05, 0.1) is 6.33 Å². The lowest BCUT2D eigenvalue weighted by Gasteiger charge is -2.27. The van der Waals surface area contributed by atoms with Gasteiger partial charge in [-0.25, -0.2) is 14.6 Å². The van der Waals surface area contributed by atoms with Gasteiger partial charge < -0.3 is 14.0 Å². The summed E-state index contributed by atoms with van der Waals surface area (Å²) in [4.78, 5) is 39.1. The van der Waals surface area contributed by atoms with Gasteiger partial charge in [-0.15, -0.1) is 4.90 Å². The monoisotopic (exact) mass is 459 g/mol. The molecule has 2 heterocycles. The maximum atomic E-state index is 12.8. The Labute approximate surface area is 191 Å². The number of ether oxygens (including phenoxy) is 2. The van der Waals surface area contributed by atoms with Crippen LogP contribution in [0.4, 0.5) is 15.5 Å². The Morgan fingerprint density at radius 3 is 2.06 bits per heavy atom. The molecule has 9 nitrogen and oxygen atoms in total. The number of carbonyl (C=O) groups excluding carboxylic acids is 2. The first kappa shape index (κ1) is 23.5. The van der Waals surface area contributed by atoms with Crippen molar-refractivity contribution in [2.75, 3.05) is 4.90 Å². The van der Waals surface area contributed by atoms with E-state index in [4.69, 9.17) is 21.1 Å². The van der Waals surface area contributed by atoms with Gasteiger partial charge in [0.2, 0.25) is 5.95 Å². The minimum Gasteiger partial charge on any atom is -0.443 e. The Bertz CT molecular complexity index is 1100. The summed E-state index contributed by atoms with van der Waals surface area (Å²) in [7, 11) is 0. The third-order valence-electron chi connectivity index (χ3n) is 3.97. The Kier molecular flexibility index (Phi) is 6.41. The molecule has 1 aromatic carbocycles. The first-order valence-corrected chi connectivity index (χ1v) is 10.4. The van der Waals surface area contributed by atoms with Gasteiger partial charge in [-0.1, -0.05) is 41.9 Å². The number of imidazole rings is 1. The van der Waals surface area contributed by atoms with Crippen LogP contribution >= 0.6 is 11.6 Å². The van der Waals surface area contributed by atoms with Crippen molar-refractivity contribution in [1.29, 1.82) is 0 Å². The van der Waals surface area contributed by atoms with Crippen molar-refractivity contribution >= 4 is 40.9 Å². The number of hydrogen-bond acceptors (Lipinski definition) is 7. The molecule has 0 aliphatic heterocycles. The fourth-order valence-corrected chi connectivity index (χ4v) is 3.05. The van der Waals surface area contributed by atoms with E-state index in [1.165, 1.54) is 0 Å². The lowest BCUT2D eigenvalue weighted by molar-refractivity contribution is 0.0427. The maximum Gasteiger partial charge on any atom is 0.427 e. The van der Waals surface area contributed by atoms with Crippen LogP contribution in [0, 0.1) is 0 Å². The predicted octanol–water partition coefficient (Wildman–Crippen LogP) is 5.20. The molecule has 0 fully saturated rings. The average molecular weight is 460 g/mol. The molecule has 32 heavy (non-hydrogen) atoms. The number of benzene rings is 1. The zero-order chi connectivity index (χ0) is 23.7. The smallest absolute Gasteiger partial charge is 0.427 e. The highest BCUT2D eigenvalue weighted by atomic mass is 35.5. The Hall–Kier alpha value is -3.20. The summed E-state index contributed by atoms with van der Waals surface area (Å²) in [6.45, 7) is 10.6. The lowest BCUT2D eigenvalue weighted by Crippen LogP contribution is -2.44. The fourth-order valence-electron chi connectivity index (χ4n) is 2.78. The molecule has 0 N–H and O–H groups in total. The van der Waals surface area contributed by atoms with Crippen LogP contribution in [0.3, 0.4) is 0 Å². The molecule has 0 saturated carbocycles. The molecule has 0 saturated heterocycles. The van der Waals surface area contributed by atoms with E-state index in [1.807, 2.05) is 30.3 Å². The van der Waals surface area contributed by atoms with E-state index >= 15 is 0 Å². The van der Waals surface area contributed by atoms with Crippen molar-refractivity contribution in [3.8, 4) is 0 Å². The van der Waals surface area contributed by atoms with Gasteiger partial charge in [0.1, 0.15) is 16.7 Å². The standard InChI is InChI=1S/C22H26ClN5O4/c1-21(2,3)31-19(29)28(20(30)32-22(4,5)6)18-25-16(23)15-17(26-18)24-13-27(15)12-14-10-8-7-9-11-14/h7-11,13H,12H2,1-6H3. The average Bonchev–Trinajstić information content (AvgIpc) is 3.03. The molecule has 0 atom stereocenters. The van der Waals surface area contributed by atoms with Crippen molar-refractivity contribution in [2.24, 2.45) is 0 Å². The van der Waals surface area contributed by atoms with Gasteiger partial charge in [0, 0.05) is 6.54 Å². The molecule has 3 aromatic rings. The zero-order valence-electron chi connectivity index (χ0n) is 18.9. The van der Waals surface area contributed by atoms with Gasteiger partial charge >= 0.3 is 12.2 Å². The summed E-state index contributed by atoms with van der Waals surface area (Å²) < 4.78 is 12.5. The summed E-state index contributed by atoms with van der Waals surface area (Å²) in [5, 5.41) is 0.0375. The molecule has 0 radical (unpaired) electrons. The molecule has 0 spiro atoms. The van der Waals surface area contributed by atoms with Crippen LogP contribution in [0.25, 0.3) is 11.2 Å². The largest absolute Gasteiger partial charge is 0.443 e. The third kappa shape index (κ3) is 5.73. The highest BCUT2D eigenvalue weighted by Gasteiger charge is 2.35. The molecule has 0 aliphatic rings. The van der Waals surface area contributed by atoms with Gasteiger partial charge in [-0.2, -0.15) is 9.97 Å². The van der Waals surface area contributed by atoms with E-state index in [1.54, 1.807) is 52.4 Å². The molecule has 3 rings (SSSR count). The fraction of sp³-hybridized carbons (Fsp3) is 0.409. The molecule has 0 bridgehead atoms. The second kappa shape index (κ2) is 8.74. The Morgan fingerprint density at radius 2 is 1.53 bits per heavy atom. The normalized spacial score (nSPS) is 12.0. The molecule has 2 aromatic heterocycles. The number of halogens is 1. The molecule has 170 valence electrons. The van der Waals surface area contributed by atoms with Gasteiger partial charge in [0.15, 0.2) is 10.8 Å². The maximum absolute atomic E-state index is 12.8. The van der Waals surface area contributed by atoms with Crippen LogP contribution in [-0.2, 0) is 16.0 Å². The summed E-state index contributed by atoms with van der Waals surface area (Å²) >= 11 is 6.45. The van der Waals surface area contributed by atoms with Crippen LogP contribution < -0.4 is 4.90 Å². The molecular formula is C22H26ClN5O4. The van der Waals surface area contributed by atoms with Crippen LogP contribution in [0.1, 0.15) is 47.1 Å². The van der Waals surface area contributed by atoms with Gasteiger partial charge in [0.25, 0.3) is 0 Å². The van der Waals surface area contributed by atoms with Crippen LogP contribution in [0.2, 0.25) is 5.15 Å². The van der Waals surface area contributed by atoms with E-state index in [9.17, 15) is 9.59 Å². The van der Waals surface area contributed by atoms with Crippen LogP contribution in [-0.4, -0.2) is 42.9 Å². The second-order valence-electron chi connectivity index (χ2n) is 9.14. The van der Waals surface area contributed by atoms with Crippen molar-refractivity contribution < 1.29 is 19.1 Å². The second-order valence-corrected chi connectivity index (χ2v) is 9.50. The first-order chi connectivity index (χ1) is 14.8. The van der Waals surface area contributed by atoms with Crippen molar-refractivity contribution in [3.63, 3.8) is 0 Å². The summed E-state index contributed by atoms with van der Waals surface area (Å²) in [5.74, 6) is -0.282. The van der Waals surface area contributed by atoms with E-state index < -0.39 is 23.4 Å². The number of nitrogens with zero attached hydrogens (tertiary/aromatic N) is 5. The molecular weight excluding hydrogens is 434 g/mol. The van der Waals surface area contributed by atoms with E-state index in [0.29, 0.717) is 17.0 Å². The molecule has 0 aliphatic carbocycles. The minimum atomic E-state index is -0.981. The highest BCUT2D eigenvalue weighted by Crippen LogP contribution is 2.26. The number of hydrogen-bond donors (Lipinski definition) is 0. The number of imide groups is 1. The topological polar surface area (TPSA) is 99.4 Å². The number of amides is 2. The van der Waals surface area contributed by atoms with Crippen molar-refractivity contribution in [2.45, 2.75) is 59.3 Å². The first-order valence-electron chi connectivity index (χ1n) is 10.0. The van der Waals surface area contributed by atoms with Gasteiger partial charge in [-0.05, 0) is 47.1 Å². The number of rotatable bonds is 3. The van der Waals surface area contributed by atoms with E-state index in [0.717, 1.165) is 5.56 Å². The van der Waals surface area contributed by atoms with Gasteiger partial charge in [-0.3, -0.25) is 0 Å². The SMILES string of the molecule is CC(C)(C)OC(=O)N(C(=O)OC(C)(C)C)c1nc(Cl)c2c(ncn2Cc2ccccc2)n1. The summed E-state index contributed by atoms with van der Waals surface area (Å²) in [6, 6.07) is 9.75. The van der Waals surface area contributed by atoms with Crippen molar-refractivity contribution in [3.05, 3.63) is 47.4 Å². The Morgan fingerprint density at radius 1 is 0.969 bits per heavy atom. The molecule has 2 amide bonds. The number of carbonyl (C=O) groups is 2. The van der Waals surface area contributed by atoms with Crippen LogP contribution in [0.5, 0.6) is 0 Å². The highest BCUT2D eigenvalue weighted by molar-refractivity contribution is 6.33. The summed E-state index contributed by atoms with van der Waals surface area (Å²) in [6.07, 6.45) is -0.385. The lowest BCUT2D eigenvalue weighted by atomic mass is 10.2. The Balaban J connectivity index is 2.02. The summed E-state index contributed by atoms with van der Waals surface area (Å²) in [5.41, 5.74) is 0.0297. The van der Waals surface area contributed by atoms with Crippen LogP contribution in [0.15, 0.2) is 36.7 Å². The quantitative estimate of drug-likeness (QED) is 0.496. The number of fused-ring (bicyclic) bond motifs is 1. The third-order valence-corrected chi connectivity index (χ3v) is 4.23. The zero-order valence-corrected chi connectivity index (χ0v) is 19.7. The van der Waals surface area contributed by atoms with E-state index in [2.05, 4.69) is 15.0 Å². The number of aromatic nitrogens is 4. The predicted molar refractivity (Wildman–Crippen MR) is 121 cm³/mol. The minimum absolute atomic E-state index is 0.0375.